The zero-order chi connectivity index (χ0) is 30.6. The van der Waals surface area contributed by atoms with E-state index >= 15 is 0 Å². The van der Waals surface area contributed by atoms with Gasteiger partial charge < -0.3 is 9.47 Å². The van der Waals surface area contributed by atoms with E-state index in [9.17, 15) is 0 Å². The van der Waals surface area contributed by atoms with Crippen molar-refractivity contribution in [2.24, 2.45) is 0 Å². The second-order valence-corrected chi connectivity index (χ2v) is 12.9. The first-order valence-corrected chi connectivity index (χ1v) is 16.5. The summed E-state index contributed by atoms with van der Waals surface area (Å²) in [6, 6.07) is 59.5. The Hall–Kier alpha value is -5.64. The third-order valence-electron chi connectivity index (χ3n) is 9.06. The smallest absolute Gasteiger partial charge is 0.0542 e. The topological polar surface area (TPSA) is 8.17 Å². The van der Waals surface area contributed by atoms with E-state index in [-0.39, 0.29) is 0 Å². The van der Waals surface area contributed by atoms with Crippen LogP contribution in [0.25, 0.3) is 58.8 Å². The van der Waals surface area contributed by atoms with Crippen molar-refractivity contribution in [2.45, 2.75) is 6.92 Å². The van der Waals surface area contributed by atoms with Gasteiger partial charge in [0.25, 0.3) is 0 Å². The number of fused-ring (bicyclic) bond motifs is 6. The van der Waals surface area contributed by atoms with Gasteiger partial charge in [-0.25, -0.2) is 0 Å². The first kappa shape index (κ1) is 26.7. The minimum Gasteiger partial charge on any atom is -0.310 e. The van der Waals surface area contributed by atoms with Crippen molar-refractivity contribution in [3.05, 3.63) is 169 Å². The van der Waals surface area contributed by atoms with Crippen molar-refractivity contribution in [1.29, 1.82) is 0 Å². The number of hydrogen-bond acceptors (Lipinski definition) is 2. The van der Waals surface area contributed by atoms with Gasteiger partial charge in [-0.15, -0.1) is 11.3 Å². The maximum Gasteiger partial charge on any atom is 0.0542 e. The summed E-state index contributed by atoms with van der Waals surface area (Å²) in [6.45, 7) is 2.14. The van der Waals surface area contributed by atoms with Crippen LogP contribution in [0.5, 0.6) is 0 Å². The van der Waals surface area contributed by atoms with Crippen LogP contribution in [0.4, 0.5) is 17.1 Å². The number of benzene rings is 7. The van der Waals surface area contributed by atoms with Crippen LogP contribution in [-0.4, -0.2) is 4.57 Å². The number of aryl methyl sites for hydroxylation is 1. The van der Waals surface area contributed by atoms with Crippen LogP contribution < -0.4 is 4.90 Å². The van der Waals surface area contributed by atoms with E-state index in [0.29, 0.717) is 0 Å². The first-order valence-electron chi connectivity index (χ1n) is 15.7. The third-order valence-corrected chi connectivity index (χ3v) is 10.3. The van der Waals surface area contributed by atoms with Gasteiger partial charge in [0, 0.05) is 53.7 Å². The lowest BCUT2D eigenvalue weighted by atomic mass is 10.0. The maximum atomic E-state index is 2.37. The molecular weight excluding hydrogens is 577 g/mol. The van der Waals surface area contributed by atoms with Crippen molar-refractivity contribution in [3.8, 4) is 16.8 Å². The highest BCUT2D eigenvalue weighted by atomic mass is 32.1. The average Bonchev–Trinajstić information content (AvgIpc) is 3.66. The zero-order valence-corrected chi connectivity index (χ0v) is 26.2. The summed E-state index contributed by atoms with van der Waals surface area (Å²) < 4.78 is 5.04. The Morgan fingerprint density at radius 2 is 1.11 bits per heavy atom. The highest BCUT2D eigenvalue weighted by molar-refractivity contribution is 7.26. The Bertz CT molecular complexity index is 2520. The van der Waals surface area contributed by atoms with Crippen LogP contribution >= 0.6 is 11.3 Å². The molecule has 0 N–H and O–H groups in total. The zero-order valence-electron chi connectivity index (χ0n) is 25.4. The molecule has 3 heteroatoms. The van der Waals surface area contributed by atoms with Crippen molar-refractivity contribution in [3.63, 3.8) is 0 Å². The molecule has 0 unspecified atom stereocenters. The van der Waals surface area contributed by atoms with Gasteiger partial charge in [-0.05, 0) is 84.8 Å². The summed E-state index contributed by atoms with van der Waals surface area (Å²) in [6.07, 6.45) is 0. The molecule has 0 saturated carbocycles. The van der Waals surface area contributed by atoms with Gasteiger partial charge in [0.1, 0.15) is 0 Å². The molecule has 2 nitrogen and oxygen atoms in total. The van der Waals surface area contributed by atoms with E-state index in [4.69, 9.17) is 0 Å². The molecule has 0 fully saturated rings. The fraction of sp³-hybridized carbons (Fsp3) is 0.0233. The summed E-state index contributed by atoms with van der Waals surface area (Å²) in [5.41, 5.74) is 10.7. The molecule has 0 bridgehead atoms. The molecule has 0 amide bonds. The van der Waals surface area contributed by atoms with E-state index in [2.05, 4.69) is 180 Å². The predicted octanol–water partition coefficient (Wildman–Crippen LogP) is 12.6. The van der Waals surface area contributed by atoms with E-state index in [1.165, 1.54) is 64.4 Å². The average molecular weight is 607 g/mol. The van der Waals surface area contributed by atoms with E-state index < -0.39 is 0 Å². The molecule has 7 aromatic carbocycles. The Balaban J connectivity index is 1.20. The van der Waals surface area contributed by atoms with Crippen LogP contribution in [0.2, 0.25) is 0 Å². The molecular formula is C43H30N2S. The normalized spacial score (nSPS) is 11.6. The van der Waals surface area contributed by atoms with Crippen molar-refractivity contribution in [2.75, 3.05) is 4.90 Å². The number of hydrogen-bond donors (Lipinski definition) is 0. The van der Waals surface area contributed by atoms with Gasteiger partial charge in [-0.1, -0.05) is 103 Å². The van der Waals surface area contributed by atoms with Gasteiger partial charge in [0.15, 0.2) is 0 Å². The SMILES string of the molecule is Cc1ccc(N(c2ccc(-c3cccc4c3sc3ccccc34)cc2)c2ccc3c(c2)c2ccccc2n3-c2ccccc2)cc1. The minimum absolute atomic E-state index is 1.13. The van der Waals surface area contributed by atoms with Gasteiger partial charge in [0.05, 0.1) is 11.0 Å². The Morgan fingerprint density at radius 1 is 0.478 bits per heavy atom. The third kappa shape index (κ3) is 4.32. The van der Waals surface area contributed by atoms with E-state index in [1.807, 2.05) is 11.3 Å². The molecule has 0 aliphatic rings. The summed E-state index contributed by atoms with van der Waals surface area (Å²) in [5.74, 6) is 0. The molecule has 0 aliphatic carbocycles. The number of rotatable bonds is 5. The van der Waals surface area contributed by atoms with Crippen LogP contribution in [-0.2, 0) is 0 Å². The summed E-state index contributed by atoms with van der Waals surface area (Å²) in [5, 5.41) is 5.14. The van der Waals surface area contributed by atoms with E-state index in [0.717, 1.165) is 17.1 Å². The molecule has 2 aromatic heterocycles. The fourth-order valence-electron chi connectivity index (χ4n) is 6.86. The first-order chi connectivity index (χ1) is 22.7. The monoisotopic (exact) mass is 606 g/mol. The second kappa shape index (κ2) is 10.8. The lowest BCUT2D eigenvalue weighted by Gasteiger charge is -2.26. The quantitative estimate of drug-likeness (QED) is 0.189. The van der Waals surface area contributed by atoms with Crippen LogP contribution in [0.15, 0.2) is 164 Å². The molecule has 0 saturated heterocycles. The Morgan fingerprint density at radius 3 is 1.91 bits per heavy atom. The predicted molar refractivity (Wildman–Crippen MR) is 199 cm³/mol. The lowest BCUT2D eigenvalue weighted by molar-refractivity contribution is 1.18. The molecule has 9 aromatic rings. The van der Waals surface area contributed by atoms with Crippen molar-refractivity contribution in [1.82, 2.24) is 4.57 Å². The highest BCUT2D eigenvalue weighted by Crippen LogP contribution is 2.42. The van der Waals surface area contributed by atoms with Crippen molar-refractivity contribution >= 4 is 70.4 Å². The largest absolute Gasteiger partial charge is 0.310 e. The van der Waals surface area contributed by atoms with E-state index in [1.54, 1.807) is 0 Å². The fourth-order valence-corrected chi connectivity index (χ4v) is 8.10. The summed E-state index contributed by atoms with van der Waals surface area (Å²) >= 11 is 1.88. The number of thiophene rings is 1. The van der Waals surface area contributed by atoms with Crippen molar-refractivity contribution < 1.29 is 0 Å². The number of aromatic nitrogens is 1. The highest BCUT2D eigenvalue weighted by Gasteiger charge is 2.18. The molecule has 218 valence electrons. The molecule has 9 rings (SSSR count). The maximum absolute atomic E-state index is 2.37. The molecule has 0 radical (unpaired) electrons. The van der Waals surface area contributed by atoms with Gasteiger partial charge in [-0.2, -0.15) is 0 Å². The number of anilines is 3. The van der Waals surface area contributed by atoms with Gasteiger partial charge in [-0.3, -0.25) is 0 Å². The van der Waals surface area contributed by atoms with Gasteiger partial charge in [0.2, 0.25) is 0 Å². The van der Waals surface area contributed by atoms with Gasteiger partial charge >= 0.3 is 0 Å². The Labute approximate surface area is 272 Å². The number of para-hydroxylation sites is 2. The number of nitrogens with zero attached hydrogens (tertiary/aromatic N) is 2. The molecule has 0 aliphatic heterocycles. The molecule has 0 atom stereocenters. The summed E-state index contributed by atoms with van der Waals surface area (Å²) in [7, 11) is 0. The standard InChI is InChI=1S/C43H30N2S/c1-29-18-22-32(23-19-29)44(33-24-20-30(21-25-33)35-14-9-15-38-37-13-6-8-17-42(37)46-43(35)38)34-26-27-41-39(28-34)36-12-5-7-16-40(36)45(41)31-10-3-2-4-11-31/h2-28H,1H3. The summed E-state index contributed by atoms with van der Waals surface area (Å²) in [4.78, 5) is 2.37. The lowest BCUT2D eigenvalue weighted by Crippen LogP contribution is -2.10. The van der Waals surface area contributed by atoms with Crippen LogP contribution in [0.3, 0.4) is 0 Å². The minimum atomic E-state index is 1.13. The molecule has 2 heterocycles. The van der Waals surface area contributed by atoms with Crippen LogP contribution in [0.1, 0.15) is 5.56 Å². The molecule has 46 heavy (non-hydrogen) atoms. The Kier molecular flexibility index (Phi) is 6.25. The second-order valence-electron chi connectivity index (χ2n) is 11.9. The van der Waals surface area contributed by atoms with Crippen LogP contribution in [0, 0.1) is 6.92 Å². The molecule has 0 spiro atoms.